The largest absolute Gasteiger partial charge is 0.462 e. The number of hydrogen-bond donors (Lipinski definition) is 0. The highest BCUT2D eigenvalue weighted by Crippen LogP contribution is 2.33. The highest BCUT2D eigenvalue weighted by Gasteiger charge is 2.27. The summed E-state index contributed by atoms with van der Waals surface area (Å²) in [7, 11) is 0. The molecule has 1 amide bonds. The molecule has 2 aromatic carbocycles. The lowest BCUT2D eigenvalue weighted by atomic mass is 9.98. The van der Waals surface area contributed by atoms with E-state index in [-0.39, 0.29) is 12.7 Å². The number of para-hydroxylation sites is 1. The van der Waals surface area contributed by atoms with Gasteiger partial charge in [0.1, 0.15) is 0 Å². The number of likely N-dealkylation sites (tertiary alicyclic amines) is 1. The molecule has 0 bridgehead atoms. The molecule has 3 aliphatic heterocycles. The van der Waals surface area contributed by atoms with E-state index in [0.29, 0.717) is 6.04 Å². The van der Waals surface area contributed by atoms with Gasteiger partial charge in [-0.3, -0.25) is 9.69 Å². The molecule has 2 fully saturated rings. The molecule has 4 heterocycles. The fourth-order valence-electron chi connectivity index (χ4n) is 5.64. The molecule has 188 valence electrons. The average molecular weight is 488 g/mol. The molecule has 0 radical (unpaired) electrons. The van der Waals surface area contributed by atoms with Crippen molar-refractivity contribution in [2.24, 2.45) is 0 Å². The minimum Gasteiger partial charge on any atom is -0.462 e. The van der Waals surface area contributed by atoms with E-state index < -0.39 is 0 Å². The Bertz CT molecular complexity index is 1240. The lowest BCUT2D eigenvalue weighted by Crippen LogP contribution is -2.49. The van der Waals surface area contributed by atoms with E-state index in [1.54, 1.807) is 12.3 Å². The number of furan rings is 1. The highest BCUT2D eigenvalue weighted by molar-refractivity contribution is 5.92. The van der Waals surface area contributed by atoms with Gasteiger partial charge in [-0.1, -0.05) is 18.2 Å². The number of carbonyl (C=O) groups excluding carboxylic acids is 1. The second-order valence-electron chi connectivity index (χ2n) is 9.86. The molecular formula is C29H33N3O4. The molecule has 7 nitrogen and oxygen atoms in total. The maximum Gasteiger partial charge on any atom is 0.246 e. The van der Waals surface area contributed by atoms with Crippen LogP contribution in [0.5, 0.6) is 11.5 Å². The van der Waals surface area contributed by atoms with Gasteiger partial charge in [0.15, 0.2) is 17.1 Å². The maximum atomic E-state index is 13.1. The molecule has 3 aromatic rings. The van der Waals surface area contributed by atoms with E-state index in [1.807, 2.05) is 30.3 Å². The third-order valence-electron chi connectivity index (χ3n) is 7.67. The van der Waals surface area contributed by atoms with Gasteiger partial charge in [0.2, 0.25) is 12.7 Å². The lowest BCUT2D eigenvalue weighted by molar-refractivity contribution is -0.129. The van der Waals surface area contributed by atoms with Crippen LogP contribution in [0.2, 0.25) is 0 Å². The number of piperazine rings is 1. The molecule has 0 spiro atoms. The van der Waals surface area contributed by atoms with E-state index in [9.17, 15) is 4.79 Å². The van der Waals surface area contributed by atoms with Gasteiger partial charge < -0.3 is 23.7 Å². The van der Waals surface area contributed by atoms with Crippen LogP contribution in [0.25, 0.3) is 17.0 Å². The molecule has 3 aliphatic rings. The zero-order valence-corrected chi connectivity index (χ0v) is 20.6. The number of carbonyl (C=O) groups is 1. The number of rotatable bonds is 6. The van der Waals surface area contributed by atoms with Crippen molar-refractivity contribution in [3.8, 4) is 11.5 Å². The second kappa shape index (κ2) is 10.3. The van der Waals surface area contributed by atoms with Crippen molar-refractivity contribution < 1.29 is 18.7 Å². The van der Waals surface area contributed by atoms with E-state index in [1.165, 1.54) is 12.1 Å². The number of benzene rings is 2. The second-order valence-corrected chi connectivity index (χ2v) is 9.86. The number of anilines is 1. The zero-order chi connectivity index (χ0) is 24.3. The third kappa shape index (κ3) is 4.80. The molecule has 0 N–H and O–H groups in total. The predicted octanol–water partition coefficient (Wildman–Crippen LogP) is 4.77. The summed E-state index contributed by atoms with van der Waals surface area (Å²) in [5.41, 5.74) is 3.12. The van der Waals surface area contributed by atoms with Crippen molar-refractivity contribution in [1.82, 2.24) is 9.80 Å². The standard InChI is InChI=1S/C29H33N3O4/c33-28(10-8-22-7-9-26-27(20-22)36-21-35-26)32-13-2-1-5-24(32)11-14-30-15-17-31(18-16-30)25-6-3-4-23-12-19-34-29(23)25/h3-4,6-10,12,19-20,24H,1-2,5,11,13-18,21H2. The smallest absolute Gasteiger partial charge is 0.246 e. The van der Waals surface area contributed by atoms with Crippen LogP contribution in [0.4, 0.5) is 5.69 Å². The summed E-state index contributed by atoms with van der Waals surface area (Å²) in [5, 5.41) is 1.16. The quantitative estimate of drug-likeness (QED) is 0.467. The van der Waals surface area contributed by atoms with Gasteiger partial charge in [-0.15, -0.1) is 0 Å². The zero-order valence-electron chi connectivity index (χ0n) is 20.6. The van der Waals surface area contributed by atoms with Crippen molar-refractivity contribution in [3.05, 3.63) is 60.4 Å². The normalized spacial score (nSPS) is 20.5. The van der Waals surface area contributed by atoms with Crippen LogP contribution in [0, 0.1) is 0 Å². The number of fused-ring (bicyclic) bond motifs is 2. The number of ether oxygens (including phenoxy) is 2. The van der Waals surface area contributed by atoms with Gasteiger partial charge >= 0.3 is 0 Å². The summed E-state index contributed by atoms with van der Waals surface area (Å²) in [4.78, 5) is 20.2. The lowest BCUT2D eigenvalue weighted by Gasteiger charge is -2.39. The highest BCUT2D eigenvalue weighted by atomic mass is 16.7. The SMILES string of the molecule is O=C(C=Cc1ccc2c(c1)OCO2)N1CCCCC1CCN1CCN(c2cccc3ccoc23)CC1. The third-order valence-corrected chi connectivity index (χ3v) is 7.67. The first kappa shape index (κ1) is 23.0. The molecular weight excluding hydrogens is 454 g/mol. The molecule has 6 rings (SSSR count). The van der Waals surface area contributed by atoms with Crippen LogP contribution in [0.15, 0.2) is 59.2 Å². The number of amides is 1. The van der Waals surface area contributed by atoms with Crippen molar-refractivity contribution in [2.45, 2.75) is 31.7 Å². The molecule has 0 aliphatic carbocycles. The molecule has 1 unspecified atom stereocenters. The Morgan fingerprint density at radius 1 is 0.972 bits per heavy atom. The summed E-state index contributed by atoms with van der Waals surface area (Å²) in [5.74, 6) is 1.60. The Morgan fingerprint density at radius 3 is 2.78 bits per heavy atom. The summed E-state index contributed by atoms with van der Waals surface area (Å²) < 4.78 is 16.6. The van der Waals surface area contributed by atoms with E-state index in [2.05, 4.69) is 32.9 Å². The first-order valence-electron chi connectivity index (χ1n) is 13.1. The van der Waals surface area contributed by atoms with Gasteiger partial charge in [0.25, 0.3) is 0 Å². The van der Waals surface area contributed by atoms with Gasteiger partial charge in [-0.25, -0.2) is 0 Å². The van der Waals surface area contributed by atoms with Gasteiger partial charge in [0.05, 0.1) is 12.0 Å². The first-order valence-corrected chi connectivity index (χ1v) is 13.1. The maximum absolute atomic E-state index is 13.1. The molecule has 7 heteroatoms. The molecule has 36 heavy (non-hydrogen) atoms. The molecule has 0 saturated carbocycles. The predicted molar refractivity (Wildman–Crippen MR) is 140 cm³/mol. The first-order chi connectivity index (χ1) is 17.7. The monoisotopic (exact) mass is 487 g/mol. The fraction of sp³-hybridized carbons (Fsp3) is 0.414. The summed E-state index contributed by atoms with van der Waals surface area (Å²) in [6, 6.07) is 14.5. The average Bonchev–Trinajstić information content (AvgIpc) is 3.60. The van der Waals surface area contributed by atoms with Gasteiger partial charge in [-0.05, 0) is 61.6 Å². The van der Waals surface area contributed by atoms with Crippen LogP contribution in [0.3, 0.4) is 0 Å². The summed E-state index contributed by atoms with van der Waals surface area (Å²) in [6.45, 7) is 6.17. The van der Waals surface area contributed by atoms with Gasteiger partial charge in [0, 0.05) is 56.8 Å². The Labute approximate surface area is 211 Å². The van der Waals surface area contributed by atoms with Crippen LogP contribution < -0.4 is 14.4 Å². The van der Waals surface area contributed by atoms with E-state index >= 15 is 0 Å². The molecule has 1 aromatic heterocycles. The summed E-state index contributed by atoms with van der Waals surface area (Å²) in [6.07, 6.45) is 9.75. The Kier molecular flexibility index (Phi) is 6.55. The number of hydrogen-bond acceptors (Lipinski definition) is 6. The van der Waals surface area contributed by atoms with Gasteiger partial charge in [-0.2, -0.15) is 0 Å². The topological polar surface area (TPSA) is 58.4 Å². The summed E-state index contributed by atoms with van der Waals surface area (Å²) >= 11 is 0. The Morgan fingerprint density at radius 2 is 1.86 bits per heavy atom. The van der Waals surface area contributed by atoms with Crippen LogP contribution in [-0.4, -0.2) is 67.8 Å². The van der Waals surface area contributed by atoms with Crippen molar-refractivity contribution >= 4 is 28.6 Å². The van der Waals surface area contributed by atoms with E-state index in [0.717, 1.165) is 86.6 Å². The fourth-order valence-corrected chi connectivity index (χ4v) is 5.64. The number of nitrogens with zero attached hydrogens (tertiary/aromatic N) is 3. The van der Waals surface area contributed by atoms with Crippen molar-refractivity contribution in [1.29, 1.82) is 0 Å². The van der Waals surface area contributed by atoms with Crippen molar-refractivity contribution in [3.63, 3.8) is 0 Å². The number of piperidine rings is 1. The van der Waals surface area contributed by atoms with Crippen molar-refractivity contribution in [2.75, 3.05) is 51.0 Å². The minimum atomic E-state index is 0.105. The Hall–Kier alpha value is -3.45. The van der Waals surface area contributed by atoms with Crippen LogP contribution >= 0.6 is 0 Å². The molecule has 1 atom stereocenters. The van der Waals surface area contributed by atoms with Crippen LogP contribution in [-0.2, 0) is 4.79 Å². The molecule has 2 saturated heterocycles. The minimum absolute atomic E-state index is 0.105. The Balaban J connectivity index is 1.02. The van der Waals surface area contributed by atoms with Crippen LogP contribution in [0.1, 0.15) is 31.2 Å². The van der Waals surface area contributed by atoms with E-state index in [4.69, 9.17) is 13.9 Å².